The number of ether oxygens (including phenoxy) is 2. The summed E-state index contributed by atoms with van der Waals surface area (Å²) < 4.78 is 23.4. The van der Waals surface area contributed by atoms with Crippen LogP contribution >= 0.6 is 0 Å². The van der Waals surface area contributed by atoms with Crippen LogP contribution in [-0.4, -0.2) is 51.3 Å². The number of carbonyl (C=O) groups excluding carboxylic acids is 1. The van der Waals surface area contributed by atoms with E-state index in [-0.39, 0.29) is 5.82 Å². The number of amides is 1. The number of hydrogen-bond acceptors (Lipinski definition) is 7. The second kappa shape index (κ2) is 11.6. The van der Waals surface area contributed by atoms with Gasteiger partial charge in [0.1, 0.15) is 24.9 Å². The molecule has 0 aromatic heterocycles. The summed E-state index contributed by atoms with van der Waals surface area (Å²) in [5.41, 5.74) is 2.67. The maximum atomic E-state index is 13.2. The van der Waals surface area contributed by atoms with Crippen molar-refractivity contribution in [3.8, 4) is 0 Å². The van der Waals surface area contributed by atoms with Gasteiger partial charge in [-0.25, -0.2) is 9.18 Å². The lowest BCUT2D eigenvalue weighted by Crippen LogP contribution is -2.40. The van der Waals surface area contributed by atoms with Crippen LogP contribution in [0.5, 0.6) is 0 Å². The number of halogens is 1. The molecule has 8 nitrogen and oxygen atoms in total. The third-order valence-electron chi connectivity index (χ3n) is 4.32. The van der Waals surface area contributed by atoms with Gasteiger partial charge in [-0.05, 0) is 44.2 Å². The predicted molar refractivity (Wildman–Crippen MR) is 118 cm³/mol. The van der Waals surface area contributed by atoms with Crippen molar-refractivity contribution in [3.05, 3.63) is 65.5 Å². The Morgan fingerprint density at radius 1 is 1.10 bits per heavy atom. The molecule has 0 bridgehead atoms. The number of oxime groups is 1. The molecule has 0 aliphatic rings. The quantitative estimate of drug-likeness (QED) is 0.358. The summed E-state index contributed by atoms with van der Waals surface area (Å²) in [5.74, 6) is -0.356. The monoisotopic (exact) mass is 428 g/mol. The van der Waals surface area contributed by atoms with Gasteiger partial charge in [0.05, 0.1) is 24.7 Å². The Balaban J connectivity index is 2.36. The highest BCUT2D eigenvalue weighted by Gasteiger charge is 2.24. The minimum atomic E-state index is -0.569. The van der Waals surface area contributed by atoms with Gasteiger partial charge in [0, 0.05) is 18.2 Å². The lowest BCUT2D eigenvalue weighted by molar-refractivity contribution is 0.103. The zero-order valence-electron chi connectivity index (χ0n) is 18.1. The van der Waals surface area contributed by atoms with Crippen LogP contribution in [0.1, 0.15) is 25.0 Å². The molecular weight excluding hydrogens is 403 g/mol. The van der Waals surface area contributed by atoms with Crippen LogP contribution in [0.25, 0.3) is 0 Å². The van der Waals surface area contributed by atoms with E-state index in [1.165, 1.54) is 44.6 Å². The first-order valence-corrected chi connectivity index (χ1v) is 9.37. The number of rotatable bonds is 8. The van der Waals surface area contributed by atoms with E-state index in [2.05, 4.69) is 15.4 Å². The molecule has 31 heavy (non-hydrogen) atoms. The Morgan fingerprint density at radius 2 is 1.77 bits per heavy atom. The summed E-state index contributed by atoms with van der Waals surface area (Å²) in [6, 6.07) is 12.9. The van der Waals surface area contributed by atoms with Gasteiger partial charge < -0.3 is 14.3 Å². The Kier molecular flexibility index (Phi) is 8.83. The molecule has 0 saturated carbocycles. The summed E-state index contributed by atoms with van der Waals surface area (Å²) >= 11 is 0. The van der Waals surface area contributed by atoms with Crippen molar-refractivity contribution >= 4 is 29.4 Å². The molecule has 0 aliphatic carbocycles. The highest BCUT2D eigenvalue weighted by Crippen LogP contribution is 2.22. The fourth-order valence-electron chi connectivity index (χ4n) is 2.71. The minimum absolute atomic E-state index is 0.356. The van der Waals surface area contributed by atoms with Crippen molar-refractivity contribution in [2.24, 2.45) is 15.4 Å². The van der Waals surface area contributed by atoms with E-state index in [0.29, 0.717) is 28.2 Å². The first-order chi connectivity index (χ1) is 14.9. The van der Waals surface area contributed by atoms with Crippen LogP contribution in [0.4, 0.5) is 14.9 Å². The molecule has 0 fully saturated rings. The van der Waals surface area contributed by atoms with E-state index in [0.717, 1.165) is 0 Å². The first-order valence-electron chi connectivity index (χ1n) is 9.37. The summed E-state index contributed by atoms with van der Waals surface area (Å²) in [5, 5.41) is 12.3. The number of nitrogens with zero attached hydrogens (tertiary/aromatic N) is 4. The molecule has 2 rings (SSSR count). The number of hydrogen-bond donors (Lipinski definition) is 0. The highest BCUT2D eigenvalue weighted by atomic mass is 19.1. The number of benzene rings is 2. The van der Waals surface area contributed by atoms with Crippen LogP contribution in [0.2, 0.25) is 0 Å². The first kappa shape index (κ1) is 23.7. The van der Waals surface area contributed by atoms with Gasteiger partial charge in [-0.3, -0.25) is 4.90 Å². The SMILES string of the molecule is CO/N=C(/C(C)=N/N=C/c1ccccc1N(C(=O)OC)C(C)OC)c1ccc(F)cc1. The number of para-hydroxylation sites is 1. The fourth-order valence-corrected chi connectivity index (χ4v) is 2.71. The largest absolute Gasteiger partial charge is 0.452 e. The van der Waals surface area contributed by atoms with Gasteiger partial charge in [-0.2, -0.15) is 10.2 Å². The van der Waals surface area contributed by atoms with Crippen molar-refractivity contribution in [2.75, 3.05) is 26.2 Å². The summed E-state index contributed by atoms with van der Waals surface area (Å²) in [4.78, 5) is 18.5. The van der Waals surface area contributed by atoms with Crippen LogP contribution < -0.4 is 4.90 Å². The van der Waals surface area contributed by atoms with E-state index >= 15 is 0 Å². The molecule has 1 atom stereocenters. The van der Waals surface area contributed by atoms with Crippen LogP contribution in [0.15, 0.2) is 63.9 Å². The lowest BCUT2D eigenvalue weighted by Gasteiger charge is -2.27. The molecule has 2 aromatic rings. The van der Waals surface area contributed by atoms with E-state index in [9.17, 15) is 9.18 Å². The van der Waals surface area contributed by atoms with Gasteiger partial charge in [0.15, 0.2) is 0 Å². The van der Waals surface area contributed by atoms with Crippen molar-refractivity contribution in [2.45, 2.75) is 20.1 Å². The van der Waals surface area contributed by atoms with Gasteiger partial charge in [0.25, 0.3) is 0 Å². The van der Waals surface area contributed by atoms with Gasteiger partial charge in [0.2, 0.25) is 0 Å². The standard InChI is InChI=1S/C22H25FN4O4/c1-15(21(26-31-5)17-10-12-19(23)13-11-17)25-24-14-18-8-6-7-9-20(18)27(16(2)29-3)22(28)30-4/h6-14,16H,1-5H3/b24-14+,25-15+,26-21-. The summed E-state index contributed by atoms with van der Waals surface area (Å²) in [7, 11) is 4.21. The van der Waals surface area contributed by atoms with E-state index in [4.69, 9.17) is 14.3 Å². The number of carbonyl (C=O) groups is 1. The normalized spacial score (nSPS) is 13.2. The topological polar surface area (TPSA) is 85.1 Å². The maximum Gasteiger partial charge on any atom is 0.416 e. The second-order valence-corrected chi connectivity index (χ2v) is 6.29. The Morgan fingerprint density at radius 3 is 2.39 bits per heavy atom. The molecule has 0 aliphatic heterocycles. The highest BCUT2D eigenvalue weighted by molar-refractivity contribution is 6.47. The molecule has 1 unspecified atom stereocenters. The Labute approximate surface area is 180 Å². The Hall–Kier alpha value is -3.59. The number of anilines is 1. The van der Waals surface area contributed by atoms with E-state index in [1.54, 1.807) is 44.2 Å². The van der Waals surface area contributed by atoms with Crippen LogP contribution in [0, 0.1) is 5.82 Å². The number of methoxy groups -OCH3 is 2. The van der Waals surface area contributed by atoms with Crippen LogP contribution in [0.3, 0.4) is 0 Å². The Bertz CT molecular complexity index is 974. The zero-order chi connectivity index (χ0) is 22.8. The molecule has 0 N–H and O–H groups in total. The predicted octanol–water partition coefficient (Wildman–Crippen LogP) is 4.24. The zero-order valence-corrected chi connectivity index (χ0v) is 18.1. The van der Waals surface area contributed by atoms with Gasteiger partial charge in [-0.15, -0.1) is 0 Å². The molecule has 0 saturated heterocycles. The van der Waals surface area contributed by atoms with Crippen molar-refractivity contribution in [1.29, 1.82) is 0 Å². The lowest BCUT2D eigenvalue weighted by atomic mass is 10.1. The van der Waals surface area contributed by atoms with Crippen molar-refractivity contribution in [1.82, 2.24) is 0 Å². The molecule has 164 valence electrons. The molecular formula is C22H25FN4O4. The maximum absolute atomic E-state index is 13.2. The van der Waals surface area contributed by atoms with Crippen molar-refractivity contribution < 1.29 is 23.5 Å². The smallest absolute Gasteiger partial charge is 0.416 e. The third kappa shape index (κ3) is 6.19. The summed E-state index contributed by atoms with van der Waals surface area (Å²) in [6.45, 7) is 3.43. The second-order valence-electron chi connectivity index (χ2n) is 6.29. The molecule has 1 amide bonds. The molecule has 0 radical (unpaired) electrons. The van der Waals surface area contributed by atoms with E-state index < -0.39 is 12.3 Å². The average molecular weight is 428 g/mol. The fraction of sp³-hybridized carbons (Fsp3) is 0.273. The van der Waals surface area contributed by atoms with E-state index in [1.807, 2.05) is 6.07 Å². The molecule has 2 aromatic carbocycles. The van der Waals surface area contributed by atoms with Gasteiger partial charge in [-0.1, -0.05) is 23.4 Å². The molecule has 0 spiro atoms. The average Bonchev–Trinajstić information content (AvgIpc) is 2.78. The minimum Gasteiger partial charge on any atom is -0.452 e. The molecule has 0 heterocycles. The summed E-state index contributed by atoms with van der Waals surface area (Å²) in [6.07, 6.45) is 0.374. The van der Waals surface area contributed by atoms with Gasteiger partial charge >= 0.3 is 6.09 Å². The van der Waals surface area contributed by atoms with Crippen molar-refractivity contribution in [3.63, 3.8) is 0 Å². The van der Waals surface area contributed by atoms with Crippen LogP contribution in [-0.2, 0) is 14.3 Å². The molecule has 9 heteroatoms. The third-order valence-corrected chi connectivity index (χ3v) is 4.32.